The predicted octanol–water partition coefficient (Wildman–Crippen LogP) is 3.48. The maximum Gasteiger partial charge on any atom is 0.274 e. The highest BCUT2D eigenvalue weighted by molar-refractivity contribution is 5.94. The molecule has 5 aliphatic rings. The van der Waals surface area contributed by atoms with Crippen LogP contribution in [0.25, 0.3) is 5.65 Å². The van der Waals surface area contributed by atoms with E-state index < -0.39 is 0 Å². The molecule has 1 saturated heterocycles. The van der Waals surface area contributed by atoms with Crippen molar-refractivity contribution in [2.75, 3.05) is 18.5 Å². The van der Waals surface area contributed by atoms with Crippen molar-refractivity contribution in [2.45, 2.75) is 63.8 Å². The Morgan fingerprint density at radius 3 is 2.53 bits per heavy atom. The number of aliphatic hydroxyl groups excluding tert-OH is 1. The van der Waals surface area contributed by atoms with Crippen molar-refractivity contribution in [3.05, 3.63) is 30.1 Å². The number of imidazole rings is 1. The highest BCUT2D eigenvalue weighted by Gasteiger charge is 2.51. The van der Waals surface area contributed by atoms with E-state index in [-0.39, 0.29) is 29.9 Å². The van der Waals surface area contributed by atoms with E-state index in [1.54, 1.807) is 15.5 Å². The molecular formula is C25H32N4O3. The molecule has 32 heavy (non-hydrogen) atoms. The second-order valence-electron chi connectivity index (χ2n) is 10.9. The zero-order valence-electron chi connectivity index (χ0n) is 18.5. The minimum absolute atomic E-state index is 0.0231. The predicted molar refractivity (Wildman–Crippen MR) is 120 cm³/mol. The van der Waals surface area contributed by atoms with Gasteiger partial charge in [-0.25, -0.2) is 4.98 Å². The van der Waals surface area contributed by atoms with E-state index in [2.05, 4.69) is 10.3 Å². The summed E-state index contributed by atoms with van der Waals surface area (Å²) in [5, 5.41) is 12.7. The summed E-state index contributed by atoms with van der Waals surface area (Å²) in [7, 11) is 0. The molecule has 4 saturated carbocycles. The average molecular weight is 437 g/mol. The molecule has 3 heterocycles. The van der Waals surface area contributed by atoms with Crippen LogP contribution in [0.3, 0.4) is 0 Å². The lowest BCUT2D eigenvalue weighted by Gasteiger charge is -2.56. The first-order chi connectivity index (χ1) is 15.5. The van der Waals surface area contributed by atoms with Crippen LogP contribution in [0.4, 0.5) is 5.82 Å². The topological polar surface area (TPSA) is 86.9 Å². The van der Waals surface area contributed by atoms with Crippen molar-refractivity contribution >= 4 is 23.3 Å². The number of hydrogen-bond donors (Lipinski definition) is 2. The lowest BCUT2D eigenvalue weighted by atomic mass is 9.49. The molecule has 5 fully saturated rings. The minimum Gasteiger partial charge on any atom is -0.394 e. The van der Waals surface area contributed by atoms with Crippen LogP contribution in [-0.2, 0) is 4.79 Å². The summed E-state index contributed by atoms with van der Waals surface area (Å²) < 4.78 is 1.80. The molecule has 0 unspecified atom stereocenters. The maximum absolute atomic E-state index is 13.1. The number of hydrogen-bond acceptors (Lipinski definition) is 4. The van der Waals surface area contributed by atoms with Gasteiger partial charge in [-0.3, -0.25) is 14.0 Å². The van der Waals surface area contributed by atoms with Gasteiger partial charge in [0.2, 0.25) is 5.91 Å². The minimum atomic E-state index is -0.156. The van der Waals surface area contributed by atoms with Gasteiger partial charge in [-0.15, -0.1) is 0 Å². The summed E-state index contributed by atoms with van der Waals surface area (Å²) in [5.74, 6) is 3.05. The van der Waals surface area contributed by atoms with E-state index in [0.29, 0.717) is 30.1 Å². The largest absolute Gasteiger partial charge is 0.394 e. The highest BCUT2D eigenvalue weighted by Crippen LogP contribution is 2.61. The first kappa shape index (κ1) is 20.2. The second-order valence-corrected chi connectivity index (χ2v) is 10.9. The quantitative estimate of drug-likeness (QED) is 0.751. The number of aromatic nitrogens is 2. The fourth-order valence-electron chi connectivity index (χ4n) is 7.69. The summed E-state index contributed by atoms with van der Waals surface area (Å²) in [6, 6.07) is 5.45. The van der Waals surface area contributed by atoms with Gasteiger partial charge in [0.1, 0.15) is 17.2 Å². The third kappa shape index (κ3) is 3.41. The van der Waals surface area contributed by atoms with Crippen LogP contribution in [0, 0.1) is 23.2 Å². The lowest BCUT2D eigenvalue weighted by molar-refractivity contribution is -0.124. The molecule has 2 amide bonds. The van der Waals surface area contributed by atoms with Crippen LogP contribution in [0.2, 0.25) is 0 Å². The molecule has 0 spiro atoms. The highest BCUT2D eigenvalue weighted by atomic mass is 16.3. The summed E-state index contributed by atoms with van der Waals surface area (Å²) in [4.78, 5) is 32.3. The van der Waals surface area contributed by atoms with Crippen molar-refractivity contribution in [1.82, 2.24) is 14.3 Å². The Balaban J connectivity index is 1.20. The zero-order valence-corrected chi connectivity index (χ0v) is 18.5. The van der Waals surface area contributed by atoms with E-state index in [1.807, 2.05) is 18.2 Å². The molecule has 4 aliphatic carbocycles. The second kappa shape index (κ2) is 7.58. The maximum atomic E-state index is 13.1. The van der Waals surface area contributed by atoms with Crippen molar-refractivity contribution in [2.24, 2.45) is 23.2 Å². The summed E-state index contributed by atoms with van der Waals surface area (Å²) in [5.41, 5.74) is 1.19. The van der Waals surface area contributed by atoms with Gasteiger partial charge in [0.25, 0.3) is 5.91 Å². The van der Waals surface area contributed by atoms with E-state index in [4.69, 9.17) is 0 Å². The average Bonchev–Trinajstić information content (AvgIpc) is 3.39. The van der Waals surface area contributed by atoms with Crippen LogP contribution in [-0.4, -0.2) is 50.4 Å². The van der Waals surface area contributed by atoms with Gasteiger partial charge in [-0.1, -0.05) is 6.07 Å². The first-order valence-corrected chi connectivity index (χ1v) is 12.2. The molecule has 7 heteroatoms. The van der Waals surface area contributed by atoms with Crippen molar-refractivity contribution in [3.8, 4) is 0 Å². The van der Waals surface area contributed by atoms with Gasteiger partial charge >= 0.3 is 0 Å². The Kier molecular flexibility index (Phi) is 4.79. The van der Waals surface area contributed by atoms with E-state index >= 15 is 0 Å². The number of nitrogens with zero attached hydrogens (tertiary/aromatic N) is 3. The van der Waals surface area contributed by atoms with Crippen LogP contribution in [0.1, 0.15) is 68.3 Å². The molecule has 0 aromatic carbocycles. The standard InChI is InChI=1S/C25H32N4O3/c30-15-19-3-2-6-28(19)24(32)20-14-29-21(26-20)4-1-5-22(29)27-23(31)13-25-10-16-7-17(11-25)9-18(8-16)12-25/h1,4-5,14,16-19,30H,2-3,6-13,15H2,(H,27,31)/t16?,17?,18?,19-,25?/m0/s1. The number of likely N-dealkylation sites (tertiary alicyclic amines) is 1. The van der Waals surface area contributed by atoms with Gasteiger partial charge in [-0.2, -0.15) is 0 Å². The monoisotopic (exact) mass is 436 g/mol. The molecule has 2 aromatic heterocycles. The molecule has 7 rings (SSSR count). The van der Waals surface area contributed by atoms with Gasteiger partial charge in [0.15, 0.2) is 0 Å². The van der Waals surface area contributed by atoms with Gasteiger partial charge in [0, 0.05) is 19.2 Å². The number of pyridine rings is 1. The lowest BCUT2D eigenvalue weighted by Crippen LogP contribution is -2.47. The fourth-order valence-corrected chi connectivity index (χ4v) is 7.69. The van der Waals surface area contributed by atoms with Gasteiger partial charge in [0.05, 0.1) is 12.6 Å². The van der Waals surface area contributed by atoms with Crippen molar-refractivity contribution in [1.29, 1.82) is 0 Å². The molecule has 2 aromatic rings. The van der Waals surface area contributed by atoms with Crippen LogP contribution < -0.4 is 5.32 Å². The Morgan fingerprint density at radius 2 is 1.84 bits per heavy atom. The van der Waals surface area contributed by atoms with E-state index in [9.17, 15) is 14.7 Å². The summed E-state index contributed by atoms with van der Waals surface area (Å²) >= 11 is 0. The van der Waals surface area contributed by atoms with Crippen LogP contribution >= 0.6 is 0 Å². The van der Waals surface area contributed by atoms with E-state index in [0.717, 1.165) is 30.6 Å². The SMILES string of the molecule is O=C(CC12CC3CC(CC(C3)C1)C2)Nc1cccc2nc(C(=O)N3CCC[C@H]3CO)cn12. The number of carbonyl (C=O) groups is 2. The number of amides is 2. The molecular weight excluding hydrogens is 404 g/mol. The third-order valence-corrected chi connectivity index (χ3v) is 8.53. The number of rotatable bonds is 5. The molecule has 4 bridgehead atoms. The Labute approximate surface area is 188 Å². The Bertz CT molecular complexity index is 1030. The zero-order chi connectivity index (χ0) is 21.9. The summed E-state index contributed by atoms with van der Waals surface area (Å²) in [6.07, 6.45) is 11.8. The first-order valence-electron chi connectivity index (χ1n) is 12.2. The number of aliphatic hydroxyl groups is 1. The smallest absolute Gasteiger partial charge is 0.274 e. The third-order valence-electron chi connectivity index (χ3n) is 8.53. The molecule has 1 atom stereocenters. The molecule has 170 valence electrons. The van der Waals surface area contributed by atoms with Crippen LogP contribution in [0.5, 0.6) is 0 Å². The number of anilines is 1. The van der Waals surface area contributed by atoms with Crippen molar-refractivity contribution < 1.29 is 14.7 Å². The number of nitrogens with one attached hydrogen (secondary N) is 1. The summed E-state index contributed by atoms with van der Waals surface area (Å²) in [6.45, 7) is 0.622. The van der Waals surface area contributed by atoms with Gasteiger partial charge < -0.3 is 15.3 Å². The molecule has 7 nitrogen and oxygen atoms in total. The van der Waals surface area contributed by atoms with Crippen LogP contribution in [0.15, 0.2) is 24.4 Å². The normalized spacial score (nSPS) is 33.2. The fraction of sp³-hybridized carbons (Fsp3) is 0.640. The molecule has 1 aliphatic heterocycles. The van der Waals surface area contributed by atoms with E-state index in [1.165, 1.54) is 38.5 Å². The number of fused-ring (bicyclic) bond motifs is 1. The Hall–Kier alpha value is -2.41. The van der Waals surface area contributed by atoms with Crippen molar-refractivity contribution in [3.63, 3.8) is 0 Å². The van der Waals surface area contributed by atoms with Gasteiger partial charge in [-0.05, 0) is 86.7 Å². The Morgan fingerprint density at radius 1 is 1.12 bits per heavy atom. The molecule has 2 N–H and O–H groups in total. The molecule has 0 radical (unpaired) electrons. The number of carbonyl (C=O) groups excluding carboxylic acids is 2.